The topological polar surface area (TPSA) is 20.2 Å². The second kappa shape index (κ2) is 4.79. The number of aliphatic hydroxyl groups is 1. The third kappa shape index (κ3) is 4.86. The molecule has 4 heteroatoms. The molecule has 1 nitrogen and oxygen atoms in total. The molecule has 1 fully saturated rings. The Morgan fingerprint density at radius 1 is 1.24 bits per heavy atom. The van der Waals surface area contributed by atoms with E-state index in [-0.39, 0.29) is 18.3 Å². The summed E-state index contributed by atoms with van der Waals surface area (Å²) >= 11 is 0. The predicted octanol–water partition coefficient (Wildman–Crippen LogP) is 4.30. The number of hydrogen-bond acceptors (Lipinski definition) is 1. The molecule has 102 valence electrons. The summed E-state index contributed by atoms with van der Waals surface area (Å²) in [5.74, 6) is -1.32. The smallest absolute Gasteiger partial charge is 0.390 e. The van der Waals surface area contributed by atoms with Crippen LogP contribution in [0.2, 0.25) is 0 Å². The molecular formula is C13H23F3O. The molecule has 2 atom stereocenters. The monoisotopic (exact) mass is 252 g/mol. The standard InChI is InChI=1S/C13H23F3O/c1-11(2,3)7-8-12(17)6-4-5-10(9-12)13(14,15)16/h10,17H,4-9H2,1-3H3. The molecule has 1 N–H and O–H groups in total. The SMILES string of the molecule is CC(C)(C)CCC1(O)CCCC(C(F)(F)F)C1. The van der Waals surface area contributed by atoms with Crippen LogP contribution in [0.1, 0.15) is 59.3 Å². The molecule has 0 aliphatic heterocycles. The molecule has 0 spiro atoms. The minimum Gasteiger partial charge on any atom is -0.390 e. The minimum absolute atomic E-state index is 0.0565. The summed E-state index contributed by atoms with van der Waals surface area (Å²) in [7, 11) is 0. The van der Waals surface area contributed by atoms with Gasteiger partial charge in [0.05, 0.1) is 11.5 Å². The van der Waals surface area contributed by atoms with E-state index in [9.17, 15) is 18.3 Å². The highest BCUT2D eigenvalue weighted by molar-refractivity contribution is 4.89. The molecule has 1 aliphatic carbocycles. The molecule has 0 aromatic rings. The van der Waals surface area contributed by atoms with Crippen molar-refractivity contribution in [3.8, 4) is 0 Å². The molecule has 0 amide bonds. The van der Waals surface area contributed by atoms with Crippen molar-refractivity contribution in [1.82, 2.24) is 0 Å². The third-order valence-corrected chi connectivity index (χ3v) is 3.62. The van der Waals surface area contributed by atoms with E-state index < -0.39 is 17.7 Å². The maximum Gasteiger partial charge on any atom is 0.391 e. The van der Waals surface area contributed by atoms with Gasteiger partial charge < -0.3 is 5.11 Å². The summed E-state index contributed by atoms with van der Waals surface area (Å²) in [5.41, 5.74) is -1.05. The van der Waals surface area contributed by atoms with Crippen LogP contribution in [-0.2, 0) is 0 Å². The van der Waals surface area contributed by atoms with E-state index in [1.54, 1.807) is 0 Å². The van der Waals surface area contributed by atoms with Gasteiger partial charge in [0.2, 0.25) is 0 Å². The molecule has 2 unspecified atom stereocenters. The summed E-state index contributed by atoms with van der Waals surface area (Å²) in [4.78, 5) is 0. The summed E-state index contributed by atoms with van der Waals surface area (Å²) in [6, 6.07) is 0. The first-order chi connectivity index (χ1) is 7.52. The lowest BCUT2D eigenvalue weighted by Crippen LogP contribution is -2.40. The van der Waals surface area contributed by atoms with Crippen molar-refractivity contribution in [1.29, 1.82) is 0 Å². The Hall–Kier alpha value is -0.250. The van der Waals surface area contributed by atoms with E-state index in [1.165, 1.54) is 0 Å². The Labute approximate surface area is 101 Å². The zero-order valence-corrected chi connectivity index (χ0v) is 10.9. The van der Waals surface area contributed by atoms with Crippen molar-refractivity contribution in [2.24, 2.45) is 11.3 Å². The van der Waals surface area contributed by atoms with Crippen LogP contribution in [0, 0.1) is 11.3 Å². The summed E-state index contributed by atoms with van der Waals surface area (Å²) in [6.07, 6.45) is -1.89. The highest BCUT2D eigenvalue weighted by Crippen LogP contribution is 2.44. The first kappa shape index (κ1) is 14.8. The fraction of sp³-hybridized carbons (Fsp3) is 1.00. The number of alkyl halides is 3. The predicted molar refractivity (Wildman–Crippen MR) is 61.7 cm³/mol. The normalized spacial score (nSPS) is 31.6. The maximum atomic E-state index is 12.6. The molecule has 1 rings (SSSR count). The van der Waals surface area contributed by atoms with Crippen LogP contribution < -0.4 is 0 Å². The van der Waals surface area contributed by atoms with Crippen LogP contribution >= 0.6 is 0 Å². The van der Waals surface area contributed by atoms with Crippen molar-refractivity contribution in [3.05, 3.63) is 0 Å². The van der Waals surface area contributed by atoms with Gasteiger partial charge in [-0.15, -0.1) is 0 Å². The molecule has 1 aliphatic rings. The van der Waals surface area contributed by atoms with Gasteiger partial charge in [-0.05, 0) is 43.9 Å². The molecule has 0 bridgehead atoms. The van der Waals surface area contributed by atoms with E-state index in [0.29, 0.717) is 19.3 Å². The van der Waals surface area contributed by atoms with E-state index >= 15 is 0 Å². The zero-order chi connectivity index (χ0) is 13.3. The van der Waals surface area contributed by atoms with Crippen LogP contribution in [0.3, 0.4) is 0 Å². The molecule has 1 saturated carbocycles. The van der Waals surface area contributed by atoms with Crippen molar-refractivity contribution < 1.29 is 18.3 Å². The van der Waals surface area contributed by atoms with E-state index in [2.05, 4.69) is 0 Å². The molecule has 0 heterocycles. The Kier molecular flexibility index (Phi) is 4.17. The first-order valence-electron chi connectivity index (χ1n) is 6.31. The largest absolute Gasteiger partial charge is 0.391 e. The summed E-state index contributed by atoms with van der Waals surface area (Å²) in [5, 5.41) is 10.3. The van der Waals surface area contributed by atoms with Crippen LogP contribution in [-0.4, -0.2) is 16.9 Å². The molecule has 0 saturated heterocycles. The van der Waals surface area contributed by atoms with Crippen molar-refractivity contribution >= 4 is 0 Å². The van der Waals surface area contributed by atoms with Gasteiger partial charge in [0.15, 0.2) is 0 Å². The fourth-order valence-electron chi connectivity index (χ4n) is 2.45. The van der Waals surface area contributed by atoms with E-state index in [1.807, 2.05) is 20.8 Å². The van der Waals surface area contributed by atoms with Crippen LogP contribution in [0.5, 0.6) is 0 Å². The van der Waals surface area contributed by atoms with Gasteiger partial charge in [-0.3, -0.25) is 0 Å². The maximum absolute atomic E-state index is 12.6. The van der Waals surface area contributed by atoms with Gasteiger partial charge in [0, 0.05) is 0 Å². The number of rotatable bonds is 2. The van der Waals surface area contributed by atoms with Crippen LogP contribution in [0.15, 0.2) is 0 Å². The lowest BCUT2D eigenvalue weighted by atomic mass is 9.73. The lowest BCUT2D eigenvalue weighted by molar-refractivity contribution is -0.201. The second-order valence-electron chi connectivity index (χ2n) is 6.62. The van der Waals surface area contributed by atoms with Gasteiger partial charge in [-0.1, -0.05) is 20.8 Å². The second-order valence-corrected chi connectivity index (χ2v) is 6.62. The Morgan fingerprint density at radius 2 is 1.82 bits per heavy atom. The fourth-order valence-corrected chi connectivity index (χ4v) is 2.45. The van der Waals surface area contributed by atoms with Crippen molar-refractivity contribution in [2.45, 2.75) is 71.1 Å². The third-order valence-electron chi connectivity index (χ3n) is 3.62. The van der Waals surface area contributed by atoms with Gasteiger partial charge in [-0.2, -0.15) is 13.2 Å². The van der Waals surface area contributed by atoms with Gasteiger partial charge in [-0.25, -0.2) is 0 Å². The number of halogens is 3. The van der Waals surface area contributed by atoms with Crippen molar-refractivity contribution in [3.63, 3.8) is 0 Å². The molecule has 17 heavy (non-hydrogen) atoms. The van der Waals surface area contributed by atoms with Gasteiger partial charge in [0.25, 0.3) is 0 Å². The zero-order valence-electron chi connectivity index (χ0n) is 10.9. The van der Waals surface area contributed by atoms with E-state index in [0.717, 1.165) is 6.42 Å². The highest BCUT2D eigenvalue weighted by atomic mass is 19.4. The minimum atomic E-state index is -4.16. The van der Waals surface area contributed by atoms with Crippen LogP contribution in [0.4, 0.5) is 13.2 Å². The van der Waals surface area contributed by atoms with Crippen LogP contribution in [0.25, 0.3) is 0 Å². The van der Waals surface area contributed by atoms with Gasteiger partial charge >= 0.3 is 6.18 Å². The summed E-state index contributed by atoms with van der Waals surface area (Å²) in [6.45, 7) is 6.13. The first-order valence-corrected chi connectivity index (χ1v) is 6.31. The summed E-state index contributed by atoms with van der Waals surface area (Å²) < 4.78 is 37.9. The Balaban J connectivity index is 2.58. The average molecular weight is 252 g/mol. The lowest BCUT2D eigenvalue weighted by Gasteiger charge is -2.39. The highest BCUT2D eigenvalue weighted by Gasteiger charge is 2.46. The average Bonchev–Trinajstić information content (AvgIpc) is 2.13. The Morgan fingerprint density at radius 3 is 2.29 bits per heavy atom. The number of hydrogen-bond donors (Lipinski definition) is 1. The van der Waals surface area contributed by atoms with Crippen molar-refractivity contribution in [2.75, 3.05) is 0 Å². The van der Waals surface area contributed by atoms with Gasteiger partial charge in [0.1, 0.15) is 0 Å². The molecule has 0 radical (unpaired) electrons. The molecule has 0 aromatic heterocycles. The Bertz CT molecular complexity index is 254. The molecular weight excluding hydrogens is 229 g/mol. The quantitative estimate of drug-likeness (QED) is 0.777. The van der Waals surface area contributed by atoms with E-state index in [4.69, 9.17) is 0 Å². The molecule has 0 aromatic carbocycles.